The fraction of sp³-hybridized carbons (Fsp3) is 0.412. The highest BCUT2D eigenvalue weighted by Crippen LogP contribution is 2.39. The first kappa shape index (κ1) is 31.2. The lowest BCUT2D eigenvalue weighted by Crippen LogP contribution is -2.16. The Balaban J connectivity index is 1.08. The van der Waals surface area contributed by atoms with Gasteiger partial charge in [0.2, 0.25) is 0 Å². The Morgan fingerprint density at radius 3 is 1.45 bits per heavy atom. The molecule has 0 amide bonds. The van der Waals surface area contributed by atoms with E-state index in [4.69, 9.17) is 11.5 Å². The van der Waals surface area contributed by atoms with Crippen molar-refractivity contribution in [2.75, 3.05) is 0 Å². The molecule has 1 aliphatic carbocycles. The molecule has 4 aromatic heterocycles. The Kier molecular flexibility index (Phi) is 10.9. The smallest absolute Gasteiger partial charge is 0.139 e. The van der Waals surface area contributed by atoms with E-state index in [1.807, 2.05) is 48.5 Å². The molecule has 1 aliphatic rings. The molecule has 1 saturated carbocycles. The van der Waals surface area contributed by atoms with Gasteiger partial charge in [-0.3, -0.25) is 19.6 Å². The van der Waals surface area contributed by atoms with Gasteiger partial charge in [-0.25, -0.2) is 0 Å². The minimum atomic E-state index is 0.123. The van der Waals surface area contributed by atoms with Gasteiger partial charge < -0.3 is 11.5 Å². The number of Topliss-reactive ketones (excluding diaryl/α,β-unsaturated/α-hetero) is 2. The first-order valence-corrected chi connectivity index (χ1v) is 15.5. The van der Waals surface area contributed by atoms with Crippen LogP contribution >= 0.6 is 0 Å². The van der Waals surface area contributed by atoms with Crippen molar-refractivity contribution < 1.29 is 9.59 Å². The van der Waals surface area contributed by atoms with Crippen molar-refractivity contribution in [3.05, 3.63) is 106 Å². The van der Waals surface area contributed by atoms with Gasteiger partial charge in [0.05, 0.1) is 34.2 Å². The fourth-order valence-corrected chi connectivity index (χ4v) is 5.77. The first-order chi connectivity index (χ1) is 21.5. The van der Waals surface area contributed by atoms with Crippen molar-refractivity contribution in [3.8, 4) is 0 Å². The number of hydrogen-bond acceptors (Lipinski definition) is 10. The maximum absolute atomic E-state index is 12.5. The van der Waals surface area contributed by atoms with Crippen LogP contribution in [0.25, 0.3) is 0 Å². The molecule has 0 spiro atoms. The summed E-state index contributed by atoms with van der Waals surface area (Å²) in [6, 6.07) is 19.3. The molecule has 0 saturated heterocycles. The number of nitrogens with zero attached hydrogens (tertiary/aromatic N) is 6. The van der Waals surface area contributed by atoms with Crippen LogP contribution in [0.15, 0.2) is 60.7 Å². The number of nitrogens with two attached hydrogens (primary N) is 2. The molecule has 0 bridgehead atoms. The highest BCUT2D eigenvalue weighted by Gasteiger charge is 2.27. The summed E-state index contributed by atoms with van der Waals surface area (Å²) in [5, 5.41) is 18.0. The monoisotopic (exact) mass is 592 g/mol. The Morgan fingerprint density at radius 1 is 0.591 bits per heavy atom. The van der Waals surface area contributed by atoms with Crippen LogP contribution in [0.2, 0.25) is 0 Å². The number of carbonyl (C=O) groups excluding carboxylic acids is 2. The molecule has 4 aromatic rings. The summed E-state index contributed by atoms with van der Waals surface area (Å²) in [5.41, 5.74) is 18.0. The van der Waals surface area contributed by atoms with Gasteiger partial charge in [-0.05, 0) is 80.6 Å². The van der Waals surface area contributed by atoms with Crippen LogP contribution in [-0.2, 0) is 48.4 Å². The molecular formula is C34H40N8O2. The molecule has 44 heavy (non-hydrogen) atoms. The van der Waals surface area contributed by atoms with Gasteiger partial charge in [-0.1, -0.05) is 18.6 Å². The number of pyridine rings is 2. The van der Waals surface area contributed by atoms with Gasteiger partial charge in [0.25, 0.3) is 0 Å². The molecule has 10 nitrogen and oxygen atoms in total. The van der Waals surface area contributed by atoms with E-state index in [0.29, 0.717) is 63.5 Å². The number of aryl methyl sites for hydroxylation is 2. The lowest BCUT2D eigenvalue weighted by molar-refractivity contribution is -0.119. The maximum Gasteiger partial charge on any atom is 0.139 e. The third-order valence-corrected chi connectivity index (χ3v) is 8.22. The van der Waals surface area contributed by atoms with E-state index in [2.05, 4.69) is 42.5 Å². The molecule has 0 radical (unpaired) electrons. The fourth-order valence-electron chi connectivity index (χ4n) is 5.77. The Hall–Kier alpha value is -4.28. The van der Waals surface area contributed by atoms with E-state index < -0.39 is 0 Å². The molecule has 2 unspecified atom stereocenters. The van der Waals surface area contributed by atoms with Crippen molar-refractivity contribution in [1.82, 2.24) is 30.4 Å². The van der Waals surface area contributed by atoms with E-state index in [0.717, 1.165) is 71.2 Å². The lowest BCUT2D eigenvalue weighted by atomic mass is 9.78. The minimum absolute atomic E-state index is 0.123. The van der Waals surface area contributed by atoms with Crippen molar-refractivity contribution >= 4 is 11.6 Å². The average Bonchev–Trinajstić information content (AvgIpc) is 3.07. The molecule has 1 fully saturated rings. The van der Waals surface area contributed by atoms with Gasteiger partial charge in [0.15, 0.2) is 0 Å². The second-order valence-corrected chi connectivity index (χ2v) is 11.5. The van der Waals surface area contributed by atoms with Crippen LogP contribution in [0.4, 0.5) is 0 Å². The van der Waals surface area contributed by atoms with Crippen LogP contribution in [0.1, 0.15) is 95.9 Å². The molecule has 5 rings (SSSR count). The summed E-state index contributed by atoms with van der Waals surface area (Å²) in [6.07, 6.45) is 6.67. The second-order valence-electron chi connectivity index (χ2n) is 11.5. The van der Waals surface area contributed by atoms with Crippen molar-refractivity contribution in [2.24, 2.45) is 11.5 Å². The van der Waals surface area contributed by atoms with Crippen LogP contribution in [-0.4, -0.2) is 41.9 Å². The van der Waals surface area contributed by atoms with E-state index >= 15 is 0 Å². The second kappa shape index (κ2) is 15.4. The van der Waals surface area contributed by atoms with Crippen LogP contribution in [0, 0.1) is 0 Å². The number of hydrogen-bond donors (Lipinski definition) is 2. The van der Waals surface area contributed by atoms with Gasteiger partial charge in [-0.15, -0.1) is 0 Å². The molecule has 228 valence electrons. The molecule has 4 heterocycles. The zero-order valence-corrected chi connectivity index (χ0v) is 25.1. The number of ketones is 2. The number of aromatic nitrogens is 6. The van der Waals surface area contributed by atoms with Gasteiger partial charge in [0, 0.05) is 62.0 Å². The SMILES string of the molecule is NCc1cccc(CC(=O)CCc2ccc(C3CCCC(c4ccc(CCC(=O)Cc5cccc(CN)n5)nn4)C3)nn2)n1. The summed E-state index contributed by atoms with van der Waals surface area (Å²) in [5.74, 6) is 0.862. The number of rotatable bonds is 14. The van der Waals surface area contributed by atoms with E-state index in [1.54, 1.807) is 0 Å². The molecule has 0 aromatic carbocycles. The zero-order chi connectivity index (χ0) is 30.7. The number of carbonyl (C=O) groups is 2. The third kappa shape index (κ3) is 8.87. The molecule has 2 atom stereocenters. The summed E-state index contributed by atoms with van der Waals surface area (Å²) in [7, 11) is 0. The zero-order valence-electron chi connectivity index (χ0n) is 25.1. The Morgan fingerprint density at radius 2 is 1.05 bits per heavy atom. The Bertz CT molecular complexity index is 1430. The average molecular weight is 593 g/mol. The topological polar surface area (TPSA) is 164 Å². The maximum atomic E-state index is 12.5. The summed E-state index contributed by atoms with van der Waals surface area (Å²) in [4.78, 5) is 33.8. The summed E-state index contributed by atoms with van der Waals surface area (Å²) < 4.78 is 0. The highest BCUT2D eigenvalue weighted by molar-refractivity contribution is 5.81. The van der Waals surface area contributed by atoms with Gasteiger partial charge >= 0.3 is 0 Å². The molecule has 4 N–H and O–H groups in total. The third-order valence-electron chi connectivity index (χ3n) is 8.22. The minimum Gasteiger partial charge on any atom is -0.325 e. The molecular weight excluding hydrogens is 552 g/mol. The largest absolute Gasteiger partial charge is 0.325 e. The molecule has 10 heteroatoms. The van der Waals surface area contributed by atoms with Crippen LogP contribution in [0.5, 0.6) is 0 Å². The van der Waals surface area contributed by atoms with Crippen molar-refractivity contribution in [2.45, 2.75) is 89.1 Å². The predicted octanol–water partition coefficient (Wildman–Crippen LogP) is 3.90. The van der Waals surface area contributed by atoms with Gasteiger partial charge in [-0.2, -0.15) is 20.4 Å². The van der Waals surface area contributed by atoms with E-state index in [-0.39, 0.29) is 11.6 Å². The standard InChI is InChI=1S/C34H40N8O2/c35-21-29-8-2-6-27(37-29)19-31(43)14-10-25-12-16-33(41-39-25)23-4-1-5-24(18-23)34-17-13-26(40-42-34)11-15-32(44)20-28-7-3-9-30(22-36)38-28/h2-3,6-9,12-13,16-17,23-24H,1,4-5,10-11,14-15,18-22,35-36H2. The van der Waals surface area contributed by atoms with Crippen LogP contribution < -0.4 is 11.5 Å². The van der Waals surface area contributed by atoms with Gasteiger partial charge in [0.1, 0.15) is 11.6 Å². The van der Waals surface area contributed by atoms with Crippen molar-refractivity contribution in [1.29, 1.82) is 0 Å². The summed E-state index contributed by atoms with van der Waals surface area (Å²) >= 11 is 0. The first-order valence-electron chi connectivity index (χ1n) is 15.5. The van der Waals surface area contributed by atoms with Crippen molar-refractivity contribution in [3.63, 3.8) is 0 Å². The highest BCUT2D eigenvalue weighted by atomic mass is 16.1. The summed E-state index contributed by atoms with van der Waals surface area (Å²) in [6.45, 7) is 0.723. The lowest BCUT2D eigenvalue weighted by Gasteiger charge is -2.28. The molecule has 0 aliphatic heterocycles. The normalized spacial score (nSPS) is 16.5. The van der Waals surface area contributed by atoms with E-state index in [9.17, 15) is 9.59 Å². The van der Waals surface area contributed by atoms with Crippen LogP contribution in [0.3, 0.4) is 0 Å². The quantitative estimate of drug-likeness (QED) is 0.219. The Labute approximate surface area is 258 Å². The van der Waals surface area contributed by atoms with E-state index in [1.165, 1.54) is 0 Å². The predicted molar refractivity (Wildman–Crippen MR) is 166 cm³/mol.